The highest BCUT2D eigenvalue weighted by molar-refractivity contribution is 4.95. The normalized spacial score (nSPS) is 10.3. The van der Waals surface area contributed by atoms with E-state index in [1.807, 2.05) is 6.92 Å². The Hall–Kier alpha value is -0.520. The average molecular weight is 183 g/mol. The molecule has 0 aliphatic carbocycles. The summed E-state index contributed by atoms with van der Waals surface area (Å²) in [5.41, 5.74) is 0. The Bertz CT molecular complexity index is 167. The van der Waals surface area contributed by atoms with E-state index in [2.05, 4.69) is 30.6 Å². The van der Waals surface area contributed by atoms with E-state index < -0.39 is 0 Å². The Morgan fingerprint density at radius 1 is 1.31 bits per heavy atom. The van der Waals surface area contributed by atoms with E-state index in [0.29, 0.717) is 6.04 Å². The molecule has 0 aromatic rings. The van der Waals surface area contributed by atoms with Crippen LogP contribution in [0.4, 0.5) is 0 Å². The number of rotatable bonds is 6. The highest BCUT2D eigenvalue weighted by Crippen LogP contribution is 2.00. The zero-order valence-corrected chi connectivity index (χ0v) is 9.01. The molecule has 0 spiro atoms. The molecule has 0 heterocycles. The van der Waals surface area contributed by atoms with E-state index in [-0.39, 0.29) is 6.61 Å². The van der Waals surface area contributed by atoms with Crippen molar-refractivity contribution < 1.29 is 5.11 Å². The Kier molecular flexibility index (Phi) is 7.77. The molecule has 0 rings (SSSR count). The van der Waals surface area contributed by atoms with Gasteiger partial charge in [0.1, 0.15) is 0 Å². The third-order valence-corrected chi connectivity index (χ3v) is 2.03. The molecule has 0 aromatic carbocycles. The van der Waals surface area contributed by atoms with Crippen molar-refractivity contribution in [2.75, 3.05) is 19.7 Å². The summed E-state index contributed by atoms with van der Waals surface area (Å²) in [4.78, 5) is 2.35. The summed E-state index contributed by atoms with van der Waals surface area (Å²) < 4.78 is 0. The van der Waals surface area contributed by atoms with Gasteiger partial charge in [0.2, 0.25) is 0 Å². The molecule has 76 valence electrons. The first-order valence-electron chi connectivity index (χ1n) is 4.97. The van der Waals surface area contributed by atoms with Crippen molar-refractivity contribution in [1.29, 1.82) is 0 Å². The molecule has 0 atom stereocenters. The molecule has 0 saturated carbocycles. The van der Waals surface area contributed by atoms with Crippen LogP contribution < -0.4 is 0 Å². The van der Waals surface area contributed by atoms with Gasteiger partial charge >= 0.3 is 0 Å². The van der Waals surface area contributed by atoms with Gasteiger partial charge in [-0.15, -0.1) is 11.8 Å². The highest BCUT2D eigenvalue weighted by Gasteiger charge is 2.06. The van der Waals surface area contributed by atoms with Crippen molar-refractivity contribution in [2.45, 2.75) is 39.7 Å². The van der Waals surface area contributed by atoms with Gasteiger partial charge in [-0.05, 0) is 27.2 Å². The number of aliphatic hydroxyl groups excluding tert-OH is 1. The van der Waals surface area contributed by atoms with E-state index in [1.54, 1.807) is 0 Å². The highest BCUT2D eigenvalue weighted by atomic mass is 16.3. The Morgan fingerprint density at radius 3 is 2.46 bits per heavy atom. The predicted molar refractivity (Wildman–Crippen MR) is 56.5 cm³/mol. The van der Waals surface area contributed by atoms with Crippen LogP contribution in [0.1, 0.15) is 33.6 Å². The summed E-state index contributed by atoms with van der Waals surface area (Å²) in [5, 5.41) is 8.71. The maximum Gasteiger partial charge on any atom is 0.0443 e. The monoisotopic (exact) mass is 183 g/mol. The van der Waals surface area contributed by atoms with Crippen molar-refractivity contribution in [3.63, 3.8) is 0 Å². The Morgan fingerprint density at radius 2 is 2.00 bits per heavy atom. The number of nitrogens with zero attached hydrogens (tertiary/aromatic N) is 1. The van der Waals surface area contributed by atoms with Crippen LogP contribution in [0.5, 0.6) is 0 Å². The third-order valence-electron chi connectivity index (χ3n) is 2.03. The fourth-order valence-electron chi connectivity index (χ4n) is 1.23. The standard InChI is InChI=1S/C11H21NO/c1-4-5-6-8-12(11(2)3)9-7-10-13/h11,13H,6-10H2,1-3H3. The quantitative estimate of drug-likeness (QED) is 0.631. The van der Waals surface area contributed by atoms with Gasteiger partial charge in [-0.25, -0.2) is 0 Å². The Balaban J connectivity index is 3.71. The molecular formula is C11H21NO. The van der Waals surface area contributed by atoms with Crippen molar-refractivity contribution in [3.05, 3.63) is 0 Å². The first-order chi connectivity index (χ1) is 6.22. The van der Waals surface area contributed by atoms with Crippen LogP contribution in [0.3, 0.4) is 0 Å². The number of hydrogen-bond acceptors (Lipinski definition) is 2. The molecule has 1 N–H and O–H groups in total. The maximum atomic E-state index is 8.71. The lowest BCUT2D eigenvalue weighted by Gasteiger charge is -2.25. The van der Waals surface area contributed by atoms with E-state index in [9.17, 15) is 0 Å². The molecule has 2 heteroatoms. The third kappa shape index (κ3) is 6.62. The second-order valence-electron chi connectivity index (χ2n) is 3.38. The van der Waals surface area contributed by atoms with Crippen molar-refractivity contribution in [1.82, 2.24) is 4.90 Å². The topological polar surface area (TPSA) is 23.5 Å². The van der Waals surface area contributed by atoms with Gasteiger partial charge in [-0.2, -0.15) is 0 Å². The van der Waals surface area contributed by atoms with Crippen LogP contribution in [0.25, 0.3) is 0 Å². The summed E-state index contributed by atoms with van der Waals surface area (Å²) in [7, 11) is 0. The SMILES string of the molecule is CC#CCCN(CCCO)C(C)C. The second-order valence-corrected chi connectivity index (χ2v) is 3.38. The lowest BCUT2D eigenvalue weighted by Crippen LogP contribution is -2.33. The lowest BCUT2D eigenvalue weighted by molar-refractivity contribution is 0.195. The van der Waals surface area contributed by atoms with Crippen molar-refractivity contribution in [2.24, 2.45) is 0 Å². The lowest BCUT2D eigenvalue weighted by atomic mass is 10.2. The summed E-state index contributed by atoms with van der Waals surface area (Å²) in [6.07, 6.45) is 1.79. The number of aliphatic hydroxyl groups is 1. The summed E-state index contributed by atoms with van der Waals surface area (Å²) in [6, 6.07) is 0.546. The molecule has 0 aromatic heterocycles. The molecule has 0 unspecified atom stereocenters. The van der Waals surface area contributed by atoms with Gasteiger partial charge in [0.05, 0.1) is 0 Å². The minimum Gasteiger partial charge on any atom is -0.396 e. The van der Waals surface area contributed by atoms with Gasteiger partial charge < -0.3 is 5.11 Å². The van der Waals surface area contributed by atoms with E-state index in [1.165, 1.54) is 0 Å². The minimum absolute atomic E-state index is 0.280. The molecular weight excluding hydrogens is 162 g/mol. The van der Waals surface area contributed by atoms with E-state index in [0.717, 1.165) is 25.9 Å². The van der Waals surface area contributed by atoms with Crippen LogP contribution >= 0.6 is 0 Å². The second kappa shape index (κ2) is 8.10. The molecule has 0 fully saturated rings. The molecule has 0 aliphatic heterocycles. The molecule has 2 nitrogen and oxygen atoms in total. The zero-order valence-electron chi connectivity index (χ0n) is 9.01. The largest absolute Gasteiger partial charge is 0.396 e. The van der Waals surface area contributed by atoms with Crippen LogP contribution in [0, 0.1) is 11.8 Å². The van der Waals surface area contributed by atoms with Gasteiger partial charge in [-0.1, -0.05) is 0 Å². The predicted octanol–water partition coefficient (Wildman–Crippen LogP) is 1.49. The van der Waals surface area contributed by atoms with E-state index >= 15 is 0 Å². The van der Waals surface area contributed by atoms with Crippen molar-refractivity contribution >= 4 is 0 Å². The molecule has 0 bridgehead atoms. The summed E-state index contributed by atoms with van der Waals surface area (Å²) in [5.74, 6) is 5.95. The zero-order chi connectivity index (χ0) is 10.1. The van der Waals surface area contributed by atoms with Gasteiger partial charge in [0.15, 0.2) is 0 Å². The molecule has 0 aliphatic rings. The number of hydrogen-bond donors (Lipinski definition) is 1. The van der Waals surface area contributed by atoms with Gasteiger partial charge in [0, 0.05) is 32.2 Å². The summed E-state index contributed by atoms with van der Waals surface area (Å²) >= 11 is 0. The van der Waals surface area contributed by atoms with Gasteiger partial charge in [-0.3, -0.25) is 4.90 Å². The smallest absolute Gasteiger partial charge is 0.0443 e. The molecule has 13 heavy (non-hydrogen) atoms. The first-order valence-corrected chi connectivity index (χ1v) is 4.97. The van der Waals surface area contributed by atoms with Crippen LogP contribution in [0.2, 0.25) is 0 Å². The Labute approximate surface area is 81.9 Å². The molecule has 0 amide bonds. The summed E-state index contributed by atoms with van der Waals surface area (Å²) in [6.45, 7) is 8.49. The average Bonchev–Trinajstić information content (AvgIpc) is 2.10. The van der Waals surface area contributed by atoms with Gasteiger partial charge in [0.25, 0.3) is 0 Å². The van der Waals surface area contributed by atoms with Crippen molar-refractivity contribution in [3.8, 4) is 11.8 Å². The molecule has 0 saturated heterocycles. The minimum atomic E-state index is 0.280. The van der Waals surface area contributed by atoms with Crippen LogP contribution in [-0.2, 0) is 0 Å². The fourth-order valence-corrected chi connectivity index (χ4v) is 1.23. The maximum absolute atomic E-state index is 8.71. The first kappa shape index (κ1) is 12.5. The van der Waals surface area contributed by atoms with Crippen LogP contribution in [0.15, 0.2) is 0 Å². The fraction of sp³-hybridized carbons (Fsp3) is 0.818. The molecule has 0 radical (unpaired) electrons. The van der Waals surface area contributed by atoms with E-state index in [4.69, 9.17) is 5.11 Å². The van der Waals surface area contributed by atoms with Crippen LogP contribution in [-0.4, -0.2) is 35.7 Å².